The highest BCUT2D eigenvalue weighted by molar-refractivity contribution is 6.45. The van der Waals surface area contributed by atoms with E-state index in [1.54, 1.807) is 0 Å². The second-order valence-electron chi connectivity index (χ2n) is 5.26. The zero-order valence-corrected chi connectivity index (χ0v) is 15.3. The van der Waals surface area contributed by atoms with Crippen LogP contribution in [-0.4, -0.2) is 6.61 Å². The molecule has 1 nitrogen and oxygen atoms in total. The van der Waals surface area contributed by atoms with Gasteiger partial charge in [0, 0.05) is 16.1 Å². The molecule has 3 aromatic carbocycles. The molecule has 0 unspecified atom stereocenters. The normalized spacial score (nSPS) is 10.7. The Kier molecular flexibility index (Phi) is 5.35. The van der Waals surface area contributed by atoms with Crippen molar-refractivity contribution in [1.82, 2.24) is 0 Å². The van der Waals surface area contributed by atoms with Crippen LogP contribution in [0.15, 0.2) is 60.7 Å². The summed E-state index contributed by atoms with van der Waals surface area (Å²) in [5.74, 6) is 0.832. The molecule has 0 N–H and O–H groups in total. The predicted octanol–water partition coefficient (Wildman–Crippen LogP) is 7.38. The van der Waals surface area contributed by atoms with E-state index in [0.717, 1.165) is 28.0 Å². The first-order chi connectivity index (χ1) is 11.6. The van der Waals surface area contributed by atoms with Gasteiger partial charge in [-0.3, -0.25) is 0 Å². The van der Waals surface area contributed by atoms with Gasteiger partial charge >= 0.3 is 0 Å². The Morgan fingerprint density at radius 1 is 0.750 bits per heavy atom. The highest BCUT2D eigenvalue weighted by atomic mass is 35.5. The van der Waals surface area contributed by atoms with Crippen LogP contribution in [0.3, 0.4) is 0 Å². The first kappa shape index (κ1) is 17.2. The van der Waals surface area contributed by atoms with Gasteiger partial charge in [0.2, 0.25) is 0 Å². The van der Waals surface area contributed by atoms with Crippen LogP contribution in [0.2, 0.25) is 15.1 Å². The van der Waals surface area contributed by atoms with Gasteiger partial charge < -0.3 is 4.74 Å². The summed E-state index contributed by atoms with van der Waals surface area (Å²) < 4.78 is 5.47. The number of hydrogen-bond donors (Lipinski definition) is 0. The number of rotatable bonds is 4. The van der Waals surface area contributed by atoms with Crippen LogP contribution in [0.1, 0.15) is 6.92 Å². The zero-order valence-electron chi connectivity index (χ0n) is 13.0. The molecular formula is C20H15Cl3O. The lowest BCUT2D eigenvalue weighted by Crippen LogP contribution is -1.91. The summed E-state index contributed by atoms with van der Waals surface area (Å²) in [5, 5.41) is 1.71. The maximum absolute atomic E-state index is 6.53. The second-order valence-corrected chi connectivity index (χ2v) is 6.45. The molecule has 0 heterocycles. The van der Waals surface area contributed by atoms with E-state index < -0.39 is 0 Å². The Bertz CT molecular complexity index is 857. The Morgan fingerprint density at radius 3 is 1.96 bits per heavy atom. The number of hydrogen-bond acceptors (Lipinski definition) is 1. The van der Waals surface area contributed by atoms with Crippen LogP contribution < -0.4 is 4.74 Å². The van der Waals surface area contributed by atoms with Crippen molar-refractivity contribution >= 4 is 34.8 Å². The fourth-order valence-corrected chi connectivity index (χ4v) is 3.29. The standard InChI is InChI=1S/C20H15Cl3O/c1-2-24-16-8-6-13(7-9-16)17-10-11-18(20(23)19(17)22)14-4-3-5-15(21)12-14/h3-12H,2H2,1H3. The molecule has 3 aromatic rings. The van der Waals surface area contributed by atoms with Gasteiger partial charge in [-0.1, -0.05) is 71.2 Å². The Labute approximate surface area is 156 Å². The van der Waals surface area contributed by atoms with Crippen LogP contribution in [0, 0.1) is 0 Å². The lowest BCUT2D eigenvalue weighted by atomic mass is 10.00. The zero-order chi connectivity index (χ0) is 17.1. The largest absolute Gasteiger partial charge is 0.494 e. The van der Waals surface area contributed by atoms with Crippen molar-refractivity contribution in [3.8, 4) is 28.0 Å². The molecule has 0 atom stereocenters. The van der Waals surface area contributed by atoms with Crippen LogP contribution in [-0.2, 0) is 0 Å². The van der Waals surface area contributed by atoms with Gasteiger partial charge in [0.25, 0.3) is 0 Å². The van der Waals surface area contributed by atoms with Crippen LogP contribution in [0.5, 0.6) is 5.75 Å². The third kappa shape index (κ3) is 3.54. The van der Waals surface area contributed by atoms with Crippen molar-refractivity contribution < 1.29 is 4.74 Å². The first-order valence-electron chi connectivity index (χ1n) is 7.57. The van der Waals surface area contributed by atoms with E-state index in [0.29, 0.717) is 21.7 Å². The van der Waals surface area contributed by atoms with Gasteiger partial charge in [0.05, 0.1) is 16.7 Å². The van der Waals surface area contributed by atoms with E-state index in [1.807, 2.05) is 67.6 Å². The maximum atomic E-state index is 6.53. The van der Waals surface area contributed by atoms with Crippen molar-refractivity contribution in [2.24, 2.45) is 0 Å². The predicted molar refractivity (Wildman–Crippen MR) is 104 cm³/mol. The minimum atomic E-state index is 0.519. The van der Waals surface area contributed by atoms with E-state index in [9.17, 15) is 0 Å². The molecule has 0 aliphatic carbocycles. The van der Waals surface area contributed by atoms with Crippen molar-refractivity contribution in [3.05, 3.63) is 75.7 Å². The summed E-state index contributed by atoms with van der Waals surface area (Å²) in [5.41, 5.74) is 3.67. The monoisotopic (exact) mass is 376 g/mol. The Hall–Kier alpha value is -1.67. The van der Waals surface area contributed by atoms with Crippen LogP contribution in [0.4, 0.5) is 0 Å². The molecule has 122 valence electrons. The number of benzene rings is 3. The molecule has 0 radical (unpaired) electrons. The summed E-state index contributed by atoms with van der Waals surface area (Å²) in [4.78, 5) is 0. The van der Waals surface area contributed by atoms with Gasteiger partial charge in [-0.15, -0.1) is 0 Å². The molecule has 0 saturated heterocycles. The summed E-state index contributed by atoms with van der Waals surface area (Å²) in [6, 6.07) is 19.3. The van der Waals surface area contributed by atoms with Gasteiger partial charge in [0.1, 0.15) is 5.75 Å². The quantitative estimate of drug-likeness (QED) is 0.461. The highest BCUT2D eigenvalue weighted by Gasteiger charge is 2.13. The van der Waals surface area contributed by atoms with Crippen molar-refractivity contribution in [2.45, 2.75) is 6.92 Å². The minimum Gasteiger partial charge on any atom is -0.494 e. The molecule has 0 bridgehead atoms. The van der Waals surface area contributed by atoms with Crippen molar-refractivity contribution in [1.29, 1.82) is 0 Å². The minimum absolute atomic E-state index is 0.519. The van der Waals surface area contributed by atoms with E-state index >= 15 is 0 Å². The molecule has 0 spiro atoms. The van der Waals surface area contributed by atoms with Crippen molar-refractivity contribution in [2.75, 3.05) is 6.61 Å². The molecule has 24 heavy (non-hydrogen) atoms. The summed E-state index contributed by atoms with van der Waals surface area (Å²) in [6.07, 6.45) is 0. The number of ether oxygens (including phenoxy) is 1. The average Bonchev–Trinajstić information content (AvgIpc) is 2.58. The molecule has 0 aliphatic heterocycles. The van der Waals surface area contributed by atoms with Gasteiger partial charge in [0.15, 0.2) is 0 Å². The summed E-state index contributed by atoms with van der Waals surface area (Å²) in [7, 11) is 0. The summed E-state index contributed by atoms with van der Waals surface area (Å²) in [6.45, 7) is 2.60. The molecule has 0 amide bonds. The van der Waals surface area contributed by atoms with Crippen LogP contribution in [0.25, 0.3) is 22.3 Å². The Balaban J connectivity index is 2.01. The fourth-order valence-electron chi connectivity index (χ4n) is 2.55. The molecule has 0 aliphatic rings. The lowest BCUT2D eigenvalue weighted by Gasteiger charge is -2.12. The van der Waals surface area contributed by atoms with Gasteiger partial charge in [-0.25, -0.2) is 0 Å². The molecule has 0 fully saturated rings. The van der Waals surface area contributed by atoms with E-state index in [1.165, 1.54) is 0 Å². The van der Waals surface area contributed by atoms with E-state index in [2.05, 4.69) is 0 Å². The van der Waals surface area contributed by atoms with Gasteiger partial charge in [-0.2, -0.15) is 0 Å². The topological polar surface area (TPSA) is 9.23 Å². The maximum Gasteiger partial charge on any atom is 0.119 e. The molecule has 0 aromatic heterocycles. The Morgan fingerprint density at radius 2 is 1.38 bits per heavy atom. The average molecular weight is 378 g/mol. The van der Waals surface area contributed by atoms with E-state index in [-0.39, 0.29) is 0 Å². The van der Waals surface area contributed by atoms with Crippen molar-refractivity contribution in [3.63, 3.8) is 0 Å². The SMILES string of the molecule is CCOc1ccc(-c2ccc(-c3cccc(Cl)c3)c(Cl)c2Cl)cc1. The molecule has 4 heteroatoms. The third-order valence-corrected chi connectivity index (χ3v) is 4.81. The highest BCUT2D eigenvalue weighted by Crippen LogP contribution is 2.40. The smallest absolute Gasteiger partial charge is 0.119 e. The number of halogens is 3. The summed E-state index contributed by atoms with van der Waals surface area (Å²) >= 11 is 19.1. The third-order valence-electron chi connectivity index (χ3n) is 3.69. The molecular weight excluding hydrogens is 363 g/mol. The van der Waals surface area contributed by atoms with Crippen LogP contribution >= 0.6 is 34.8 Å². The van der Waals surface area contributed by atoms with E-state index in [4.69, 9.17) is 39.5 Å². The molecule has 0 saturated carbocycles. The first-order valence-corrected chi connectivity index (χ1v) is 8.70. The van der Waals surface area contributed by atoms with Gasteiger partial charge in [-0.05, 0) is 42.3 Å². The second kappa shape index (κ2) is 7.48. The lowest BCUT2D eigenvalue weighted by molar-refractivity contribution is 0.340. The fraction of sp³-hybridized carbons (Fsp3) is 0.100. The molecule has 3 rings (SSSR count).